The molecule has 0 bridgehead atoms. The van der Waals surface area contributed by atoms with Crippen molar-refractivity contribution in [2.75, 3.05) is 7.11 Å². The summed E-state index contributed by atoms with van der Waals surface area (Å²) in [5.41, 5.74) is 1.82. The first kappa shape index (κ1) is 16.3. The number of fused-ring (bicyclic) bond motifs is 1. The van der Waals surface area contributed by atoms with Crippen molar-refractivity contribution in [3.05, 3.63) is 35.4 Å². The number of hydrogen-bond donors (Lipinski definition) is 0. The summed E-state index contributed by atoms with van der Waals surface area (Å²) in [4.78, 5) is 24.9. The van der Waals surface area contributed by atoms with E-state index in [1.807, 2.05) is 38.1 Å². The molecule has 1 aliphatic rings. The van der Waals surface area contributed by atoms with Gasteiger partial charge in [-0.1, -0.05) is 38.1 Å². The van der Waals surface area contributed by atoms with Crippen LogP contribution in [0.3, 0.4) is 0 Å². The van der Waals surface area contributed by atoms with Crippen molar-refractivity contribution >= 4 is 12.1 Å². The van der Waals surface area contributed by atoms with Crippen molar-refractivity contribution in [3.63, 3.8) is 0 Å². The van der Waals surface area contributed by atoms with Gasteiger partial charge in [-0.15, -0.1) is 0 Å². The van der Waals surface area contributed by atoms with Gasteiger partial charge in [0.1, 0.15) is 0 Å². The fourth-order valence-corrected chi connectivity index (χ4v) is 2.55. The van der Waals surface area contributed by atoms with E-state index >= 15 is 0 Å². The summed E-state index contributed by atoms with van der Waals surface area (Å²) in [5, 5.41) is 11.4. The second-order valence-corrected chi connectivity index (χ2v) is 5.67. The maximum absolute atomic E-state index is 12.3. The standard InChI is InChI=1S/C16H21NO5/c1-10(2)15(21-3)22-16(20)17-9-12-7-5-4-6-11(12)8-13(17)14(18)19/h4-7,10,13,15H,8-9H2,1-3H3,(H,18,19)/p-1. The van der Waals surface area contributed by atoms with Crippen molar-refractivity contribution in [1.29, 1.82) is 0 Å². The van der Waals surface area contributed by atoms with Gasteiger partial charge in [0, 0.05) is 19.6 Å². The van der Waals surface area contributed by atoms with Crippen LogP contribution in [0.15, 0.2) is 24.3 Å². The Morgan fingerprint density at radius 1 is 1.27 bits per heavy atom. The van der Waals surface area contributed by atoms with Gasteiger partial charge >= 0.3 is 6.09 Å². The highest BCUT2D eigenvalue weighted by Gasteiger charge is 2.33. The molecule has 0 aliphatic carbocycles. The van der Waals surface area contributed by atoms with E-state index in [4.69, 9.17) is 9.47 Å². The second kappa shape index (κ2) is 6.79. The van der Waals surface area contributed by atoms with E-state index in [2.05, 4.69) is 0 Å². The molecule has 1 aromatic rings. The molecule has 0 fully saturated rings. The van der Waals surface area contributed by atoms with Crippen LogP contribution in [0.4, 0.5) is 4.79 Å². The van der Waals surface area contributed by atoms with Crippen LogP contribution in [-0.4, -0.2) is 36.4 Å². The molecule has 0 aromatic heterocycles. The maximum atomic E-state index is 12.3. The number of benzene rings is 1. The molecule has 6 heteroatoms. The normalized spacial score (nSPS) is 18.7. The van der Waals surface area contributed by atoms with Crippen molar-refractivity contribution in [2.24, 2.45) is 5.92 Å². The number of carboxylic acid groups (broad SMARTS) is 1. The summed E-state index contributed by atoms with van der Waals surface area (Å²) in [6.07, 6.45) is -1.20. The molecule has 0 N–H and O–H groups in total. The Kier molecular flexibility index (Phi) is 5.03. The molecule has 120 valence electrons. The van der Waals surface area contributed by atoms with Crippen LogP contribution < -0.4 is 5.11 Å². The van der Waals surface area contributed by atoms with Gasteiger partial charge in [0.05, 0.1) is 12.0 Å². The van der Waals surface area contributed by atoms with Crippen LogP contribution in [0, 0.1) is 5.92 Å². The first-order valence-electron chi connectivity index (χ1n) is 7.21. The summed E-state index contributed by atoms with van der Waals surface area (Å²) in [6.45, 7) is 3.88. The molecule has 1 aliphatic heterocycles. The molecule has 2 rings (SSSR count). The number of ether oxygens (including phenoxy) is 2. The second-order valence-electron chi connectivity index (χ2n) is 5.67. The number of methoxy groups -OCH3 is 1. The summed E-state index contributed by atoms with van der Waals surface area (Å²) in [5.74, 6) is -1.32. The maximum Gasteiger partial charge on any atom is 0.412 e. The summed E-state index contributed by atoms with van der Waals surface area (Å²) >= 11 is 0. The number of rotatable bonds is 4. The van der Waals surface area contributed by atoms with E-state index < -0.39 is 24.4 Å². The van der Waals surface area contributed by atoms with Gasteiger partial charge < -0.3 is 19.4 Å². The lowest BCUT2D eigenvalue weighted by molar-refractivity contribution is -0.311. The molecule has 0 spiro atoms. The third-order valence-corrected chi connectivity index (χ3v) is 3.75. The summed E-state index contributed by atoms with van der Waals surface area (Å²) in [6, 6.07) is 6.40. The third-order valence-electron chi connectivity index (χ3n) is 3.75. The zero-order chi connectivity index (χ0) is 16.3. The Morgan fingerprint density at radius 2 is 1.91 bits per heavy atom. The van der Waals surface area contributed by atoms with Crippen LogP contribution in [0.5, 0.6) is 0 Å². The van der Waals surface area contributed by atoms with Crippen molar-refractivity contribution in [1.82, 2.24) is 4.90 Å². The minimum Gasteiger partial charge on any atom is -0.548 e. The number of amides is 1. The van der Waals surface area contributed by atoms with Crippen molar-refractivity contribution in [2.45, 2.75) is 39.1 Å². The number of aliphatic carboxylic acids is 1. The Hall–Kier alpha value is -2.08. The fourth-order valence-electron chi connectivity index (χ4n) is 2.55. The van der Waals surface area contributed by atoms with Gasteiger partial charge in [-0.3, -0.25) is 4.90 Å². The summed E-state index contributed by atoms with van der Waals surface area (Å²) < 4.78 is 10.4. The fraction of sp³-hybridized carbons (Fsp3) is 0.500. The molecule has 1 amide bonds. The molecular weight excluding hydrogens is 286 g/mol. The molecule has 2 unspecified atom stereocenters. The number of carbonyl (C=O) groups is 2. The Morgan fingerprint density at radius 3 is 2.45 bits per heavy atom. The first-order valence-corrected chi connectivity index (χ1v) is 7.21. The Bertz CT molecular complexity index is 557. The van der Waals surface area contributed by atoms with Crippen LogP contribution >= 0.6 is 0 Å². The minimum atomic E-state index is -1.29. The SMILES string of the molecule is COC(OC(=O)N1Cc2ccccc2CC1C(=O)[O-])C(C)C. The number of carbonyl (C=O) groups excluding carboxylic acids is 2. The highest BCUT2D eigenvalue weighted by atomic mass is 16.7. The quantitative estimate of drug-likeness (QED) is 0.773. The Labute approximate surface area is 129 Å². The van der Waals surface area contributed by atoms with Gasteiger partial charge in [-0.05, 0) is 17.5 Å². The van der Waals surface area contributed by atoms with Gasteiger partial charge in [0.25, 0.3) is 0 Å². The number of hydrogen-bond acceptors (Lipinski definition) is 5. The number of nitrogens with zero attached hydrogens (tertiary/aromatic N) is 1. The van der Waals surface area contributed by atoms with Gasteiger partial charge in [-0.2, -0.15) is 0 Å². The predicted molar refractivity (Wildman–Crippen MR) is 76.6 cm³/mol. The molecule has 1 heterocycles. The Balaban J connectivity index is 2.20. The largest absolute Gasteiger partial charge is 0.548 e. The van der Waals surface area contributed by atoms with Crippen molar-refractivity contribution in [3.8, 4) is 0 Å². The zero-order valence-corrected chi connectivity index (χ0v) is 12.9. The molecule has 0 radical (unpaired) electrons. The van der Waals surface area contributed by atoms with E-state index in [0.29, 0.717) is 0 Å². The molecule has 2 atom stereocenters. The highest BCUT2D eigenvalue weighted by molar-refractivity contribution is 5.80. The first-order chi connectivity index (χ1) is 10.4. The summed E-state index contributed by atoms with van der Waals surface area (Å²) in [7, 11) is 1.44. The highest BCUT2D eigenvalue weighted by Crippen LogP contribution is 2.24. The van der Waals surface area contributed by atoms with Gasteiger partial charge in [-0.25, -0.2) is 4.79 Å². The van der Waals surface area contributed by atoms with Crippen LogP contribution in [0.25, 0.3) is 0 Å². The smallest absolute Gasteiger partial charge is 0.412 e. The lowest BCUT2D eigenvalue weighted by Gasteiger charge is -2.37. The lowest BCUT2D eigenvalue weighted by Crippen LogP contribution is -2.54. The lowest BCUT2D eigenvalue weighted by atomic mass is 9.94. The van der Waals surface area contributed by atoms with E-state index in [-0.39, 0.29) is 18.9 Å². The molecule has 0 saturated carbocycles. The van der Waals surface area contributed by atoms with E-state index in [9.17, 15) is 14.7 Å². The van der Waals surface area contributed by atoms with Crippen LogP contribution in [0.1, 0.15) is 25.0 Å². The molecule has 22 heavy (non-hydrogen) atoms. The van der Waals surface area contributed by atoms with E-state index in [0.717, 1.165) is 11.1 Å². The molecule has 0 saturated heterocycles. The molecule has 6 nitrogen and oxygen atoms in total. The predicted octanol–water partition coefficient (Wildman–Crippen LogP) is 0.928. The monoisotopic (exact) mass is 306 g/mol. The average Bonchev–Trinajstić information content (AvgIpc) is 2.50. The van der Waals surface area contributed by atoms with Crippen LogP contribution in [-0.2, 0) is 27.2 Å². The number of carboxylic acids is 1. The minimum absolute atomic E-state index is 0.0348. The third kappa shape index (κ3) is 3.39. The molecule has 1 aromatic carbocycles. The van der Waals surface area contributed by atoms with Gasteiger partial charge in [0.15, 0.2) is 0 Å². The molecular formula is C16H20NO5-. The van der Waals surface area contributed by atoms with E-state index in [1.165, 1.54) is 12.0 Å². The topological polar surface area (TPSA) is 78.9 Å². The average molecular weight is 306 g/mol. The zero-order valence-electron chi connectivity index (χ0n) is 12.9. The van der Waals surface area contributed by atoms with Gasteiger partial charge in [0.2, 0.25) is 6.29 Å². The van der Waals surface area contributed by atoms with Crippen LogP contribution in [0.2, 0.25) is 0 Å². The van der Waals surface area contributed by atoms with Crippen molar-refractivity contribution < 1.29 is 24.2 Å². The van der Waals surface area contributed by atoms with E-state index in [1.54, 1.807) is 0 Å².